The first-order valence-electron chi connectivity index (χ1n) is 26.1. The minimum atomic E-state index is -0.777. The van der Waals surface area contributed by atoms with Crippen molar-refractivity contribution in [2.24, 2.45) is 0 Å². The highest BCUT2D eigenvalue weighted by Gasteiger charge is 2.16. The maximum absolute atomic E-state index is 12.3. The molecule has 0 aliphatic rings. The summed E-state index contributed by atoms with van der Waals surface area (Å²) in [7, 11) is 0. The number of ether oxygens (including phenoxy) is 2. The molecule has 0 fully saturated rings. The molecule has 0 spiro atoms. The van der Waals surface area contributed by atoms with Gasteiger partial charge in [0, 0.05) is 12.8 Å². The van der Waals surface area contributed by atoms with Crippen molar-refractivity contribution in [2.75, 3.05) is 13.2 Å². The molecule has 0 heterocycles. The van der Waals surface area contributed by atoms with Gasteiger partial charge in [0.05, 0.1) is 6.61 Å². The maximum atomic E-state index is 12.3. The van der Waals surface area contributed by atoms with E-state index in [1.165, 1.54) is 135 Å². The van der Waals surface area contributed by atoms with Crippen LogP contribution < -0.4 is 0 Å². The van der Waals surface area contributed by atoms with Gasteiger partial charge >= 0.3 is 11.9 Å². The van der Waals surface area contributed by atoms with Crippen molar-refractivity contribution < 1.29 is 24.2 Å². The van der Waals surface area contributed by atoms with Gasteiger partial charge in [-0.3, -0.25) is 9.59 Å². The monoisotopic (exact) mass is 863 g/mol. The Kier molecular flexibility index (Phi) is 50.0. The Hall–Kier alpha value is -2.92. The number of hydrogen-bond acceptors (Lipinski definition) is 5. The molecule has 1 atom stereocenters. The molecule has 1 unspecified atom stereocenters. The van der Waals surface area contributed by atoms with Gasteiger partial charge in [-0.25, -0.2) is 0 Å². The van der Waals surface area contributed by atoms with Crippen LogP contribution in [-0.4, -0.2) is 36.4 Å². The Morgan fingerprint density at radius 2 is 0.694 bits per heavy atom. The lowest BCUT2D eigenvalue weighted by Crippen LogP contribution is -2.28. The number of carbonyl (C=O) groups is 2. The Morgan fingerprint density at radius 3 is 1.06 bits per heavy atom. The van der Waals surface area contributed by atoms with Crippen LogP contribution in [0.15, 0.2) is 85.1 Å². The van der Waals surface area contributed by atoms with Crippen molar-refractivity contribution >= 4 is 11.9 Å². The van der Waals surface area contributed by atoms with Crippen LogP contribution in [0.2, 0.25) is 0 Å². The van der Waals surface area contributed by atoms with Gasteiger partial charge in [0.2, 0.25) is 0 Å². The molecule has 62 heavy (non-hydrogen) atoms. The van der Waals surface area contributed by atoms with Gasteiger partial charge in [0.25, 0.3) is 0 Å². The lowest BCUT2D eigenvalue weighted by atomic mass is 10.0. The molecule has 0 aliphatic carbocycles. The zero-order valence-corrected chi connectivity index (χ0v) is 40.6. The summed E-state index contributed by atoms with van der Waals surface area (Å²) in [6.45, 7) is 4.01. The van der Waals surface area contributed by atoms with Crippen LogP contribution in [0.5, 0.6) is 0 Å². The average molecular weight is 863 g/mol. The Bertz CT molecular complexity index is 1160. The second-order valence-corrected chi connectivity index (χ2v) is 17.2. The number of allylic oxidation sites excluding steroid dienone is 14. The van der Waals surface area contributed by atoms with Crippen LogP contribution in [0.25, 0.3) is 0 Å². The van der Waals surface area contributed by atoms with Gasteiger partial charge in [-0.15, -0.1) is 0 Å². The normalized spacial score (nSPS) is 12.9. The Morgan fingerprint density at radius 1 is 0.387 bits per heavy atom. The fourth-order valence-electron chi connectivity index (χ4n) is 7.26. The zero-order valence-electron chi connectivity index (χ0n) is 40.6. The maximum Gasteiger partial charge on any atom is 0.306 e. The summed E-state index contributed by atoms with van der Waals surface area (Å²) in [5, 5.41) is 9.61. The van der Waals surface area contributed by atoms with E-state index in [4.69, 9.17) is 9.47 Å². The molecule has 0 radical (unpaired) electrons. The quantitative estimate of drug-likeness (QED) is 0.0375. The molecule has 5 heteroatoms. The molecule has 5 nitrogen and oxygen atoms in total. The van der Waals surface area contributed by atoms with E-state index in [0.717, 1.165) is 83.5 Å². The fourth-order valence-corrected chi connectivity index (χ4v) is 7.26. The third-order valence-electron chi connectivity index (χ3n) is 11.2. The van der Waals surface area contributed by atoms with E-state index in [1.807, 2.05) is 0 Å². The van der Waals surface area contributed by atoms with Crippen LogP contribution in [0.3, 0.4) is 0 Å². The summed E-state index contributed by atoms with van der Waals surface area (Å²) in [5.74, 6) is -0.598. The van der Waals surface area contributed by atoms with Crippen molar-refractivity contribution in [1.29, 1.82) is 0 Å². The first-order chi connectivity index (χ1) is 30.6. The highest BCUT2D eigenvalue weighted by atomic mass is 16.6. The lowest BCUT2D eigenvalue weighted by Gasteiger charge is -2.15. The van der Waals surface area contributed by atoms with E-state index in [2.05, 4.69) is 98.9 Å². The number of hydrogen-bond donors (Lipinski definition) is 1. The van der Waals surface area contributed by atoms with E-state index in [1.54, 1.807) is 0 Å². The Labute approximate surface area is 384 Å². The first-order valence-corrected chi connectivity index (χ1v) is 26.1. The molecule has 0 aromatic carbocycles. The molecule has 0 aromatic rings. The molecule has 356 valence electrons. The smallest absolute Gasteiger partial charge is 0.306 e. The van der Waals surface area contributed by atoms with Crippen molar-refractivity contribution in [3.63, 3.8) is 0 Å². The number of carbonyl (C=O) groups excluding carboxylic acids is 2. The molecule has 1 N–H and O–H groups in total. The van der Waals surface area contributed by atoms with E-state index in [9.17, 15) is 14.7 Å². The minimum Gasteiger partial charge on any atom is -0.462 e. The SMILES string of the molecule is CC/C=C\C/C=C\C/C=C\C/C=C\C/C=C\C/C=C\CCCCCCCCCCCCCCCCCCC(=O)OC(CO)COC(=O)CCCCCCC/C=C\CCCCCC. The van der Waals surface area contributed by atoms with Crippen LogP contribution in [0.4, 0.5) is 0 Å². The summed E-state index contributed by atoms with van der Waals surface area (Å²) in [5.41, 5.74) is 0. The van der Waals surface area contributed by atoms with Crippen LogP contribution in [-0.2, 0) is 19.1 Å². The molecule has 0 bridgehead atoms. The highest BCUT2D eigenvalue weighted by Crippen LogP contribution is 2.15. The van der Waals surface area contributed by atoms with Crippen molar-refractivity contribution in [1.82, 2.24) is 0 Å². The molecule has 0 saturated heterocycles. The summed E-state index contributed by atoms with van der Waals surface area (Å²) in [4.78, 5) is 24.4. The van der Waals surface area contributed by atoms with E-state index in [-0.39, 0.29) is 25.2 Å². The fraction of sp³-hybridized carbons (Fsp3) is 0.719. The third-order valence-corrected chi connectivity index (χ3v) is 11.2. The standard InChI is InChI=1S/C57H98O5/c1-3-5-7-9-11-13-15-17-18-19-20-21-22-23-24-25-26-27-28-29-30-31-32-33-34-35-36-37-38-40-42-44-46-48-50-52-57(60)62-55(53-58)54-61-56(59)51-49-47-45-43-41-39-16-14-12-10-8-6-4-2/h5,7,11,13-14,16-18,20-21,23-24,26-27,55,58H,3-4,6,8-10,12,15,19,22,25,28-54H2,1-2H3/b7-5-,13-11-,16-14-,18-17-,21-20-,24-23-,27-26-. The highest BCUT2D eigenvalue weighted by molar-refractivity contribution is 5.70. The van der Waals surface area contributed by atoms with Gasteiger partial charge in [0.15, 0.2) is 6.10 Å². The van der Waals surface area contributed by atoms with Crippen molar-refractivity contribution in [3.8, 4) is 0 Å². The van der Waals surface area contributed by atoms with Crippen LogP contribution >= 0.6 is 0 Å². The second-order valence-electron chi connectivity index (χ2n) is 17.2. The summed E-state index contributed by atoms with van der Waals surface area (Å²) >= 11 is 0. The summed E-state index contributed by atoms with van der Waals surface area (Å²) < 4.78 is 10.6. The van der Waals surface area contributed by atoms with Crippen molar-refractivity contribution in [2.45, 2.75) is 251 Å². The number of unbranched alkanes of at least 4 members (excludes halogenated alkanes) is 25. The second kappa shape index (κ2) is 52.4. The van der Waals surface area contributed by atoms with Gasteiger partial charge < -0.3 is 14.6 Å². The molecule has 0 rings (SSSR count). The number of esters is 2. The molecular weight excluding hydrogens is 765 g/mol. The van der Waals surface area contributed by atoms with Gasteiger partial charge in [-0.1, -0.05) is 227 Å². The molecule has 0 saturated carbocycles. The van der Waals surface area contributed by atoms with Crippen LogP contribution in [0, 0.1) is 0 Å². The first kappa shape index (κ1) is 59.1. The molecular formula is C57H98O5. The van der Waals surface area contributed by atoms with E-state index in [0.29, 0.717) is 12.8 Å². The lowest BCUT2D eigenvalue weighted by molar-refractivity contribution is -0.161. The molecule has 0 aromatic heterocycles. The van der Waals surface area contributed by atoms with Gasteiger partial charge in [-0.2, -0.15) is 0 Å². The number of aliphatic hydroxyl groups is 1. The number of aliphatic hydroxyl groups excluding tert-OH is 1. The topological polar surface area (TPSA) is 72.8 Å². The minimum absolute atomic E-state index is 0.0707. The van der Waals surface area contributed by atoms with Crippen molar-refractivity contribution in [3.05, 3.63) is 85.1 Å². The third kappa shape index (κ3) is 49.7. The predicted molar refractivity (Wildman–Crippen MR) is 269 cm³/mol. The average Bonchev–Trinajstić information content (AvgIpc) is 3.28. The molecule has 0 aliphatic heterocycles. The summed E-state index contributed by atoms with van der Waals surface area (Å²) in [6, 6.07) is 0. The summed E-state index contributed by atoms with van der Waals surface area (Å²) in [6.07, 6.45) is 72.6. The molecule has 0 amide bonds. The van der Waals surface area contributed by atoms with Crippen LogP contribution in [0.1, 0.15) is 245 Å². The predicted octanol–water partition coefficient (Wildman–Crippen LogP) is 17.4. The van der Waals surface area contributed by atoms with Gasteiger partial charge in [-0.05, 0) is 89.9 Å². The van der Waals surface area contributed by atoms with E-state index >= 15 is 0 Å². The van der Waals surface area contributed by atoms with Gasteiger partial charge in [0.1, 0.15) is 6.61 Å². The Balaban J connectivity index is 3.48. The van der Waals surface area contributed by atoms with E-state index < -0.39 is 6.10 Å². The number of rotatable bonds is 47. The largest absolute Gasteiger partial charge is 0.462 e. The zero-order chi connectivity index (χ0) is 44.9.